The van der Waals surface area contributed by atoms with Gasteiger partial charge in [-0.25, -0.2) is 0 Å². The lowest BCUT2D eigenvalue weighted by molar-refractivity contribution is 0.254. The Kier molecular flexibility index (Phi) is 3.27. The van der Waals surface area contributed by atoms with E-state index in [0.717, 1.165) is 18.7 Å². The van der Waals surface area contributed by atoms with Gasteiger partial charge in [0.05, 0.1) is 7.11 Å². The van der Waals surface area contributed by atoms with E-state index in [2.05, 4.69) is 30.0 Å². The summed E-state index contributed by atoms with van der Waals surface area (Å²) in [6.45, 7) is 5.75. The van der Waals surface area contributed by atoms with Gasteiger partial charge in [-0.15, -0.1) is 0 Å². The molecule has 82 valence electrons. The fourth-order valence-electron chi connectivity index (χ4n) is 2.22. The molecule has 0 radical (unpaired) electrons. The molecule has 0 bridgehead atoms. The molecule has 1 aromatic carbocycles. The third-order valence-electron chi connectivity index (χ3n) is 3.04. The highest BCUT2D eigenvalue weighted by molar-refractivity contribution is 5.37. The molecule has 0 saturated carbocycles. The second-order valence-electron chi connectivity index (χ2n) is 4.16. The van der Waals surface area contributed by atoms with Crippen LogP contribution in [0.3, 0.4) is 0 Å². The summed E-state index contributed by atoms with van der Waals surface area (Å²) in [5.41, 5.74) is 2.93. The summed E-state index contributed by atoms with van der Waals surface area (Å²) in [7, 11) is 1.73. The van der Waals surface area contributed by atoms with Crippen molar-refractivity contribution in [3.8, 4) is 5.75 Å². The van der Waals surface area contributed by atoms with Gasteiger partial charge in [0, 0.05) is 13.1 Å². The molecule has 2 rings (SSSR count). The van der Waals surface area contributed by atoms with Gasteiger partial charge >= 0.3 is 0 Å². The fourth-order valence-corrected chi connectivity index (χ4v) is 2.22. The van der Waals surface area contributed by atoms with Crippen LogP contribution in [0, 0.1) is 0 Å². The molecule has 0 spiro atoms. The van der Waals surface area contributed by atoms with Crippen LogP contribution in [0.2, 0.25) is 0 Å². The van der Waals surface area contributed by atoms with Gasteiger partial charge in [0.25, 0.3) is 0 Å². The summed E-state index contributed by atoms with van der Waals surface area (Å²) in [6.07, 6.45) is 2.40. The minimum Gasteiger partial charge on any atom is -0.497 e. The molecule has 1 heterocycles. The average molecular weight is 205 g/mol. The van der Waals surface area contributed by atoms with E-state index in [1.54, 1.807) is 7.11 Å². The molecule has 1 aliphatic heterocycles. The number of hydrogen-bond acceptors (Lipinski definition) is 2. The van der Waals surface area contributed by atoms with Crippen LogP contribution < -0.4 is 4.74 Å². The minimum atomic E-state index is 0.984. The quantitative estimate of drug-likeness (QED) is 0.751. The lowest BCUT2D eigenvalue weighted by Crippen LogP contribution is -2.31. The average Bonchev–Trinajstić information content (AvgIpc) is 2.29. The Morgan fingerprint density at radius 1 is 1.33 bits per heavy atom. The van der Waals surface area contributed by atoms with Crippen LogP contribution in [0.15, 0.2) is 18.2 Å². The maximum absolute atomic E-state index is 5.24. The summed E-state index contributed by atoms with van der Waals surface area (Å²) in [4.78, 5) is 2.52. The Morgan fingerprint density at radius 2 is 2.20 bits per heavy atom. The first-order chi connectivity index (χ1) is 7.33. The molecule has 1 aromatic rings. The largest absolute Gasteiger partial charge is 0.497 e. The number of fused-ring (bicyclic) bond motifs is 1. The van der Waals surface area contributed by atoms with Gasteiger partial charge in [0.15, 0.2) is 0 Å². The normalized spacial score (nSPS) is 16.1. The zero-order valence-electron chi connectivity index (χ0n) is 9.62. The monoisotopic (exact) mass is 205 g/mol. The number of nitrogens with zero attached hydrogens (tertiary/aromatic N) is 1. The van der Waals surface area contributed by atoms with Crippen LogP contribution in [-0.2, 0) is 13.0 Å². The van der Waals surface area contributed by atoms with E-state index in [9.17, 15) is 0 Å². The molecule has 0 fully saturated rings. The van der Waals surface area contributed by atoms with Gasteiger partial charge in [0.2, 0.25) is 0 Å². The second kappa shape index (κ2) is 4.67. The van der Waals surface area contributed by atoms with Crippen molar-refractivity contribution in [2.24, 2.45) is 0 Å². The number of methoxy groups -OCH3 is 1. The second-order valence-corrected chi connectivity index (χ2v) is 4.16. The first-order valence-electron chi connectivity index (χ1n) is 5.71. The number of ether oxygens (including phenoxy) is 1. The topological polar surface area (TPSA) is 12.5 Å². The molecule has 0 unspecified atom stereocenters. The van der Waals surface area contributed by atoms with E-state index >= 15 is 0 Å². The molecule has 0 atom stereocenters. The van der Waals surface area contributed by atoms with E-state index in [-0.39, 0.29) is 0 Å². The van der Waals surface area contributed by atoms with E-state index in [4.69, 9.17) is 4.74 Å². The summed E-state index contributed by atoms with van der Waals surface area (Å²) in [5, 5.41) is 0. The minimum absolute atomic E-state index is 0.984. The molecule has 0 amide bonds. The van der Waals surface area contributed by atoms with Gasteiger partial charge in [0.1, 0.15) is 5.75 Å². The zero-order chi connectivity index (χ0) is 10.7. The van der Waals surface area contributed by atoms with Crippen molar-refractivity contribution < 1.29 is 4.74 Å². The van der Waals surface area contributed by atoms with Gasteiger partial charge < -0.3 is 4.74 Å². The van der Waals surface area contributed by atoms with E-state index < -0.39 is 0 Å². The highest BCUT2D eigenvalue weighted by Gasteiger charge is 2.15. The fraction of sp³-hybridized carbons (Fsp3) is 0.538. The van der Waals surface area contributed by atoms with Crippen molar-refractivity contribution in [3.63, 3.8) is 0 Å². The van der Waals surface area contributed by atoms with Crippen molar-refractivity contribution in [3.05, 3.63) is 29.3 Å². The lowest BCUT2D eigenvalue weighted by Gasteiger charge is -2.28. The van der Waals surface area contributed by atoms with Crippen molar-refractivity contribution in [1.29, 1.82) is 0 Å². The van der Waals surface area contributed by atoms with Crippen LogP contribution >= 0.6 is 0 Å². The first kappa shape index (κ1) is 10.5. The van der Waals surface area contributed by atoms with Gasteiger partial charge in [-0.3, -0.25) is 4.90 Å². The van der Waals surface area contributed by atoms with Crippen LogP contribution in [-0.4, -0.2) is 25.1 Å². The molecular weight excluding hydrogens is 186 g/mol. The van der Waals surface area contributed by atoms with Gasteiger partial charge in [-0.2, -0.15) is 0 Å². The van der Waals surface area contributed by atoms with Gasteiger partial charge in [-0.1, -0.05) is 13.0 Å². The van der Waals surface area contributed by atoms with E-state index in [1.807, 2.05) is 0 Å². The Labute approximate surface area is 91.9 Å². The zero-order valence-corrected chi connectivity index (χ0v) is 9.62. The van der Waals surface area contributed by atoms with E-state index in [1.165, 1.54) is 30.6 Å². The Morgan fingerprint density at radius 3 is 2.93 bits per heavy atom. The Hall–Kier alpha value is -1.02. The van der Waals surface area contributed by atoms with Crippen molar-refractivity contribution in [2.45, 2.75) is 26.3 Å². The van der Waals surface area contributed by atoms with Gasteiger partial charge in [-0.05, 0) is 42.6 Å². The molecule has 2 nitrogen and oxygen atoms in total. The molecule has 0 saturated heterocycles. The van der Waals surface area contributed by atoms with Crippen molar-refractivity contribution in [2.75, 3.05) is 20.2 Å². The van der Waals surface area contributed by atoms with Crippen LogP contribution in [0.4, 0.5) is 0 Å². The summed E-state index contributed by atoms with van der Waals surface area (Å²) in [5.74, 6) is 0.984. The molecule has 1 aliphatic rings. The number of hydrogen-bond donors (Lipinski definition) is 0. The molecule has 15 heavy (non-hydrogen) atoms. The Balaban J connectivity index is 2.13. The predicted octanol–water partition coefficient (Wildman–Crippen LogP) is 2.46. The van der Waals surface area contributed by atoms with Crippen molar-refractivity contribution >= 4 is 0 Å². The molecular formula is C13H19NO. The van der Waals surface area contributed by atoms with E-state index in [0.29, 0.717) is 0 Å². The van der Waals surface area contributed by atoms with Crippen molar-refractivity contribution in [1.82, 2.24) is 4.90 Å². The molecule has 0 aliphatic carbocycles. The maximum atomic E-state index is 5.24. The third-order valence-corrected chi connectivity index (χ3v) is 3.04. The highest BCUT2D eigenvalue weighted by atomic mass is 16.5. The molecule has 0 N–H and O–H groups in total. The molecule has 2 heteroatoms. The lowest BCUT2D eigenvalue weighted by atomic mass is 9.99. The SMILES string of the molecule is CCCN1CCc2cc(OC)ccc2C1. The van der Waals surface area contributed by atoms with Crippen LogP contribution in [0.5, 0.6) is 5.75 Å². The number of benzene rings is 1. The smallest absolute Gasteiger partial charge is 0.119 e. The van der Waals surface area contributed by atoms with Crippen LogP contribution in [0.25, 0.3) is 0 Å². The predicted molar refractivity (Wildman–Crippen MR) is 62.3 cm³/mol. The summed E-state index contributed by atoms with van der Waals surface area (Å²) in [6, 6.07) is 6.45. The highest BCUT2D eigenvalue weighted by Crippen LogP contribution is 2.23. The Bertz CT molecular complexity index is 335. The first-order valence-corrected chi connectivity index (χ1v) is 5.71. The summed E-state index contributed by atoms with van der Waals surface area (Å²) < 4.78 is 5.24. The molecule has 0 aromatic heterocycles. The summed E-state index contributed by atoms with van der Waals surface area (Å²) >= 11 is 0. The standard InChI is InChI=1S/C13H19NO/c1-3-7-14-8-6-11-9-13(15-2)5-4-12(11)10-14/h4-5,9H,3,6-8,10H2,1-2H3. The maximum Gasteiger partial charge on any atom is 0.119 e. The number of rotatable bonds is 3. The van der Waals surface area contributed by atoms with Crippen LogP contribution in [0.1, 0.15) is 24.5 Å². The third kappa shape index (κ3) is 2.32.